The van der Waals surface area contributed by atoms with Gasteiger partial charge in [0.2, 0.25) is 5.91 Å². The Balaban J connectivity index is 1.65. The molecule has 3 aliphatic rings. The highest BCUT2D eigenvalue weighted by molar-refractivity contribution is 6.16. The number of Topliss-reactive ketones (excluding diaryl/α,β-unsaturated/α-hetero) is 1. The van der Waals surface area contributed by atoms with Gasteiger partial charge in [0.1, 0.15) is 17.3 Å². The Hall–Kier alpha value is -4.26. The molecule has 0 aromatic heterocycles. The molecule has 3 aliphatic heterocycles. The van der Waals surface area contributed by atoms with E-state index in [1.807, 2.05) is 59.5 Å². The molecule has 0 radical (unpaired) electrons. The molecule has 3 aromatic rings. The lowest BCUT2D eigenvalue weighted by Crippen LogP contribution is -2.51. The highest BCUT2D eigenvalue weighted by Gasteiger charge is 2.70. The van der Waals surface area contributed by atoms with Crippen LogP contribution in [0.5, 0.6) is 0 Å². The normalized spacial score (nSPS) is 25.2. The van der Waals surface area contributed by atoms with Gasteiger partial charge in [0.15, 0.2) is 5.78 Å². The molecule has 6 rings (SSSR count). The van der Waals surface area contributed by atoms with E-state index in [0.717, 1.165) is 11.3 Å². The highest BCUT2D eigenvalue weighted by atomic mass is 19.1. The maximum atomic E-state index is 14.3. The van der Waals surface area contributed by atoms with Gasteiger partial charge < -0.3 is 15.0 Å². The SMILES string of the molecule is CCOC(=O)[C@H]1[C@@H](C(=O)c2ccc(F)cc2)[C@]2(C(=O)Nc3ccccc32)[C@H]2C=Cc3ccccc3N12. The van der Waals surface area contributed by atoms with Crippen molar-refractivity contribution in [1.82, 2.24) is 0 Å². The summed E-state index contributed by atoms with van der Waals surface area (Å²) >= 11 is 0. The number of benzene rings is 3. The molecule has 0 unspecified atom stereocenters. The quantitative estimate of drug-likeness (QED) is 0.442. The number of hydrogen-bond acceptors (Lipinski definition) is 5. The molecule has 4 atom stereocenters. The van der Waals surface area contributed by atoms with Gasteiger partial charge in [-0.15, -0.1) is 0 Å². The number of hydrogen-bond donors (Lipinski definition) is 1. The molecule has 1 N–H and O–H groups in total. The van der Waals surface area contributed by atoms with Crippen molar-refractivity contribution in [2.45, 2.75) is 24.4 Å². The third-order valence-electron chi connectivity index (χ3n) is 7.48. The number of halogens is 1. The summed E-state index contributed by atoms with van der Waals surface area (Å²) in [6.45, 7) is 1.83. The van der Waals surface area contributed by atoms with Crippen LogP contribution in [0.1, 0.15) is 28.4 Å². The molecule has 3 aromatic carbocycles. The number of fused-ring (bicyclic) bond motifs is 6. The predicted molar refractivity (Wildman–Crippen MR) is 133 cm³/mol. The average molecular weight is 483 g/mol. The number of esters is 1. The summed E-state index contributed by atoms with van der Waals surface area (Å²) in [5.41, 5.74) is 1.71. The van der Waals surface area contributed by atoms with E-state index >= 15 is 0 Å². The van der Waals surface area contributed by atoms with Crippen LogP contribution in [0.2, 0.25) is 0 Å². The Morgan fingerprint density at radius 2 is 1.75 bits per heavy atom. The zero-order valence-electron chi connectivity index (χ0n) is 19.5. The van der Waals surface area contributed by atoms with Crippen LogP contribution in [0.15, 0.2) is 78.9 Å². The molecular weight excluding hydrogens is 459 g/mol. The van der Waals surface area contributed by atoms with Crippen molar-refractivity contribution in [2.24, 2.45) is 5.92 Å². The third-order valence-corrected chi connectivity index (χ3v) is 7.48. The van der Waals surface area contributed by atoms with Crippen LogP contribution >= 0.6 is 0 Å². The van der Waals surface area contributed by atoms with Crippen LogP contribution in [0, 0.1) is 11.7 Å². The summed E-state index contributed by atoms with van der Waals surface area (Å²) in [6.07, 6.45) is 3.83. The number of anilines is 2. The number of para-hydroxylation sites is 2. The molecule has 1 fully saturated rings. The lowest BCUT2D eigenvalue weighted by Gasteiger charge is -2.37. The van der Waals surface area contributed by atoms with Crippen LogP contribution in [0.25, 0.3) is 6.08 Å². The largest absolute Gasteiger partial charge is 0.464 e. The van der Waals surface area contributed by atoms with Crippen molar-refractivity contribution in [3.05, 3.63) is 101 Å². The monoisotopic (exact) mass is 482 g/mol. The molecule has 1 spiro atoms. The van der Waals surface area contributed by atoms with Crippen LogP contribution < -0.4 is 10.2 Å². The smallest absolute Gasteiger partial charge is 0.329 e. The summed E-state index contributed by atoms with van der Waals surface area (Å²) in [7, 11) is 0. The summed E-state index contributed by atoms with van der Waals surface area (Å²) in [5.74, 6) is -2.95. The number of nitrogens with zero attached hydrogens (tertiary/aromatic N) is 1. The molecule has 1 saturated heterocycles. The standard InChI is InChI=1S/C29H23FN2O4/c1-2-36-27(34)25-24(26(33)18-11-14-19(30)15-12-18)29(20-8-4-5-9-21(20)31-28(29)35)23-16-13-17-7-3-6-10-22(17)32(23)25/h3-16,23-25H,2H2,1H3,(H,31,35)/t23-,24+,25-,29-/m1/s1. The molecule has 3 heterocycles. The van der Waals surface area contributed by atoms with Gasteiger partial charge in [-0.3, -0.25) is 9.59 Å². The van der Waals surface area contributed by atoms with E-state index in [1.54, 1.807) is 13.0 Å². The third kappa shape index (κ3) is 2.92. The van der Waals surface area contributed by atoms with E-state index in [2.05, 4.69) is 5.32 Å². The first-order valence-corrected chi connectivity index (χ1v) is 11.9. The zero-order valence-corrected chi connectivity index (χ0v) is 19.5. The molecule has 180 valence electrons. The lowest BCUT2D eigenvalue weighted by atomic mass is 9.64. The molecule has 0 saturated carbocycles. The molecule has 36 heavy (non-hydrogen) atoms. The first-order chi connectivity index (χ1) is 17.5. The van der Waals surface area contributed by atoms with Crippen molar-refractivity contribution < 1.29 is 23.5 Å². The van der Waals surface area contributed by atoms with Gasteiger partial charge in [-0.2, -0.15) is 0 Å². The molecule has 1 amide bonds. The van der Waals surface area contributed by atoms with E-state index in [4.69, 9.17) is 4.74 Å². The zero-order chi connectivity index (χ0) is 25.0. The number of nitrogens with one attached hydrogen (secondary N) is 1. The summed E-state index contributed by atoms with van der Waals surface area (Å²) in [6, 6.07) is 18.3. The van der Waals surface area contributed by atoms with Gasteiger partial charge in [-0.05, 0) is 54.4 Å². The second kappa shape index (κ2) is 8.16. The van der Waals surface area contributed by atoms with E-state index in [1.165, 1.54) is 24.3 Å². The second-order valence-corrected chi connectivity index (χ2v) is 9.18. The second-order valence-electron chi connectivity index (χ2n) is 9.18. The number of ether oxygens (including phenoxy) is 1. The van der Waals surface area contributed by atoms with Crippen molar-refractivity contribution in [3.8, 4) is 0 Å². The summed E-state index contributed by atoms with van der Waals surface area (Å²) in [4.78, 5) is 43.8. The van der Waals surface area contributed by atoms with Crippen molar-refractivity contribution in [3.63, 3.8) is 0 Å². The number of carbonyl (C=O) groups is 3. The van der Waals surface area contributed by atoms with E-state index in [9.17, 15) is 18.8 Å². The minimum Gasteiger partial charge on any atom is -0.464 e. The van der Waals surface area contributed by atoms with Crippen molar-refractivity contribution >= 4 is 35.1 Å². The Morgan fingerprint density at radius 1 is 1.03 bits per heavy atom. The first kappa shape index (κ1) is 22.2. The first-order valence-electron chi connectivity index (χ1n) is 11.9. The Labute approximate surface area is 207 Å². The number of carbonyl (C=O) groups excluding carboxylic acids is 3. The maximum Gasteiger partial charge on any atom is 0.329 e. The van der Waals surface area contributed by atoms with Crippen LogP contribution in [0.4, 0.5) is 15.8 Å². The fraction of sp³-hybridized carbons (Fsp3) is 0.207. The van der Waals surface area contributed by atoms with Gasteiger partial charge in [-0.25, -0.2) is 9.18 Å². The van der Waals surface area contributed by atoms with E-state index in [0.29, 0.717) is 11.3 Å². The Kier molecular flexibility index (Phi) is 5.03. The van der Waals surface area contributed by atoms with Crippen LogP contribution in [0.3, 0.4) is 0 Å². The van der Waals surface area contributed by atoms with E-state index in [-0.39, 0.29) is 18.1 Å². The molecule has 7 heteroatoms. The Morgan fingerprint density at radius 3 is 2.53 bits per heavy atom. The van der Waals surface area contributed by atoms with Gasteiger partial charge in [0, 0.05) is 16.9 Å². The van der Waals surface area contributed by atoms with Gasteiger partial charge in [-0.1, -0.05) is 48.6 Å². The lowest BCUT2D eigenvalue weighted by molar-refractivity contribution is -0.145. The van der Waals surface area contributed by atoms with E-state index < -0.39 is 41.0 Å². The summed E-state index contributed by atoms with van der Waals surface area (Å²) < 4.78 is 19.2. The number of rotatable bonds is 4. The topological polar surface area (TPSA) is 75.7 Å². The van der Waals surface area contributed by atoms with Gasteiger partial charge >= 0.3 is 5.97 Å². The van der Waals surface area contributed by atoms with Crippen LogP contribution in [-0.4, -0.2) is 36.4 Å². The van der Waals surface area contributed by atoms with Gasteiger partial charge in [0.05, 0.1) is 18.6 Å². The van der Waals surface area contributed by atoms with Crippen molar-refractivity contribution in [1.29, 1.82) is 0 Å². The molecule has 0 aliphatic carbocycles. The van der Waals surface area contributed by atoms with Crippen LogP contribution in [-0.2, 0) is 19.7 Å². The molecule has 0 bridgehead atoms. The highest BCUT2D eigenvalue weighted by Crippen LogP contribution is 2.57. The minimum atomic E-state index is -1.40. The average Bonchev–Trinajstić information content (AvgIpc) is 3.37. The number of ketones is 1. The van der Waals surface area contributed by atoms with Crippen molar-refractivity contribution in [2.75, 3.05) is 16.8 Å². The summed E-state index contributed by atoms with van der Waals surface area (Å²) in [5, 5.41) is 2.96. The van der Waals surface area contributed by atoms with Gasteiger partial charge in [0.25, 0.3) is 0 Å². The minimum absolute atomic E-state index is 0.124. The predicted octanol–water partition coefficient (Wildman–Crippen LogP) is 4.36. The fourth-order valence-corrected chi connectivity index (χ4v) is 6.11. The number of amides is 1. The fourth-order valence-electron chi connectivity index (χ4n) is 6.11. The molecule has 6 nitrogen and oxygen atoms in total. The molecular formula is C29H23FN2O4. The Bertz CT molecular complexity index is 1430. The maximum absolute atomic E-state index is 14.3.